The van der Waals surface area contributed by atoms with Crippen molar-refractivity contribution in [2.75, 3.05) is 13.1 Å². The summed E-state index contributed by atoms with van der Waals surface area (Å²) in [6, 6.07) is 7.69. The highest BCUT2D eigenvalue weighted by molar-refractivity contribution is 6.30. The standard InChI is InChI=1S/C11H14ClNO/c12-10-3-1-2-9(6-10)7-11(14)4-5-13-8-11/h1-3,6,13-14H,4-5,7-8H2/t11-/m0/s1. The van der Waals surface area contributed by atoms with Crippen molar-refractivity contribution in [2.45, 2.75) is 18.4 Å². The predicted octanol–water partition coefficient (Wildman–Crippen LogP) is 1.61. The van der Waals surface area contributed by atoms with Crippen LogP contribution in [0.4, 0.5) is 0 Å². The van der Waals surface area contributed by atoms with Gasteiger partial charge in [0.05, 0.1) is 5.60 Å². The summed E-state index contributed by atoms with van der Waals surface area (Å²) in [6.07, 6.45) is 1.50. The molecule has 1 aliphatic rings. The molecule has 0 bridgehead atoms. The lowest BCUT2D eigenvalue weighted by Crippen LogP contribution is -2.33. The summed E-state index contributed by atoms with van der Waals surface area (Å²) in [5.74, 6) is 0. The zero-order chi connectivity index (χ0) is 10.0. The summed E-state index contributed by atoms with van der Waals surface area (Å²) in [5, 5.41) is 14.0. The van der Waals surface area contributed by atoms with Gasteiger partial charge in [-0.2, -0.15) is 0 Å². The van der Waals surface area contributed by atoms with Gasteiger partial charge in [0.2, 0.25) is 0 Å². The number of halogens is 1. The maximum Gasteiger partial charge on any atom is 0.0823 e. The fourth-order valence-electron chi connectivity index (χ4n) is 1.91. The van der Waals surface area contributed by atoms with Gasteiger partial charge in [0, 0.05) is 18.0 Å². The van der Waals surface area contributed by atoms with E-state index in [1.165, 1.54) is 0 Å². The molecule has 0 saturated carbocycles. The van der Waals surface area contributed by atoms with E-state index < -0.39 is 5.60 Å². The first kappa shape index (κ1) is 9.97. The van der Waals surface area contributed by atoms with E-state index in [1.54, 1.807) is 0 Å². The Balaban J connectivity index is 2.10. The molecular weight excluding hydrogens is 198 g/mol. The first-order chi connectivity index (χ1) is 6.68. The monoisotopic (exact) mass is 211 g/mol. The van der Waals surface area contributed by atoms with Gasteiger partial charge in [0.15, 0.2) is 0 Å². The molecule has 0 aliphatic carbocycles. The van der Waals surface area contributed by atoms with E-state index in [9.17, 15) is 5.11 Å². The van der Waals surface area contributed by atoms with Crippen LogP contribution >= 0.6 is 11.6 Å². The van der Waals surface area contributed by atoms with Crippen LogP contribution in [0.5, 0.6) is 0 Å². The molecule has 0 unspecified atom stereocenters. The van der Waals surface area contributed by atoms with Crippen molar-refractivity contribution < 1.29 is 5.11 Å². The Hall–Kier alpha value is -0.570. The van der Waals surface area contributed by atoms with E-state index in [2.05, 4.69) is 5.32 Å². The molecule has 1 saturated heterocycles. The highest BCUT2D eigenvalue weighted by atomic mass is 35.5. The lowest BCUT2D eigenvalue weighted by molar-refractivity contribution is 0.0619. The molecule has 1 aromatic carbocycles. The van der Waals surface area contributed by atoms with Gasteiger partial charge in [0.1, 0.15) is 0 Å². The molecule has 0 amide bonds. The lowest BCUT2D eigenvalue weighted by atomic mass is 9.94. The molecule has 76 valence electrons. The Morgan fingerprint density at radius 1 is 1.50 bits per heavy atom. The van der Waals surface area contributed by atoms with Crippen LogP contribution in [0.15, 0.2) is 24.3 Å². The number of rotatable bonds is 2. The molecule has 1 heterocycles. The summed E-state index contributed by atoms with van der Waals surface area (Å²) in [7, 11) is 0. The highest BCUT2D eigenvalue weighted by Gasteiger charge is 2.30. The summed E-state index contributed by atoms with van der Waals surface area (Å²) in [4.78, 5) is 0. The van der Waals surface area contributed by atoms with Crippen molar-refractivity contribution >= 4 is 11.6 Å². The van der Waals surface area contributed by atoms with Gasteiger partial charge in [-0.05, 0) is 30.7 Å². The van der Waals surface area contributed by atoms with Gasteiger partial charge < -0.3 is 10.4 Å². The average molecular weight is 212 g/mol. The van der Waals surface area contributed by atoms with Crippen LogP contribution in [0.25, 0.3) is 0 Å². The molecule has 0 aromatic heterocycles. The normalized spacial score (nSPS) is 26.7. The largest absolute Gasteiger partial charge is 0.388 e. The molecule has 1 fully saturated rings. The molecule has 1 aliphatic heterocycles. The third-order valence-corrected chi connectivity index (χ3v) is 2.88. The quantitative estimate of drug-likeness (QED) is 0.779. The molecule has 2 N–H and O–H groups in total. The van der Waals surface area contributed by atoms with E-state index in [4.69, 9.17) is 11.6 Å². The van der Waals surface area contributed by atoms with Crippen molar-refractivity contribution in [3.05, 3.63) is 34.9 Å². The summed E-state index contributed by atoms with van der Waals surface area (Å²) in [5.41, 5.74) is 0.522. The van der Waals surface area contributed by atoms with Crippen LogP contribution in [-0.4, -0.2) is 23.8 Å². The third kappa shape index (κ3) is 2.27. The average Bonchev–Trinajstić information content (AvgIpc) is 2.51. The second kappa shape index (κ2) is 3.89. The fraction of sp³-hybridized carbons (Fsp3) is 0.455. The molecule has 2 rings (SSSR count). The number of benzene rings is 1. The van der Waals surface area contributed by atoms with Crippen LogP contribution in [0.1, 0.15) is 12.0 Å². The maximum absolute atomic E-state index is 10.1. The maximum atomic E-state index is 10.1. The van der Waals surface area contributed by atoms with E-state index in [-0.39, 0.29) is 0 Å². The molecule has 0 radical (unpaired) electrons. The van der Waals surface area contributed by atoms with Gasteiger partial charge in [-0.25, -0.2) is 0 Å². The van der Waals surface area contributed by atoms with Crippen LogP contribution in [0.2, 0.25) is 5.02 Å². The smallest absolute Gasteiger partial charge is 0.0823 e. The zero-order valence-corrected chi connectivity index (χ0v) is 8.72. The number of nitrogens with one attached hydrogen (secondary N) is 1. The molecule has 14 heavy (non-hydrogen) atoms. The van der Waals surface area contributed by atoms with Crippen molar-refractivity contribution in [1.29, 1.82) is 0 Å². The van der Waals surface area contributed by atoms with Gasteiger partial charge in [-0.3, -0.25) is 0 Å². The van der Waals surface area contributed by atoms with Crippen LogP contribution in [0.3, 0.4) is 0 Å². The van der Waals surface area contributed by atoms with Crippen LogP contribution < -0.4 is 5.32 Å². The summed E-state index contributed by atoms with van der Waals surface area (Å²) >= 11 is 5.88. The third-order valence-electron chi connectivity index (χ3n) is 2.64. The summed E-state index contributed by atoms with van der Waals surface area (Å²) < 4.78 is 0. The van der Waals surface area contributed by atoms with E-state index in [0.29, 0.717) is 13.0 Å². The number of hydrogen-bond acceptors (Lipinski definition) is 2. The van der Waals surface area contributed by atoms with Crippen molar-refractivity contribution in [1.82, 2.24) is 5.32 Å². The zero-order valence-electron chi connectivity index (χ0n) is 7.96. The number of β-amino-alcohol motifs (C(OH)–C–C–N with tert-alkyl or cyclic N) is 1. The minimum atomic E-state index is -0.579. The van der Waals surface area contributed by atoms with Crippen molar-refractivity contribution in [3.8, 4) is 0 Å². The Morgan fingerprint density at radius 2 is 2.36 bits per heavy atom. The van der Waals surface area contributed by atoms with Gasteiger partial charge in [-0.15, -0.1) is 0 Å². The second-order valence-electron chi connectivity index (χ2n) is 3.96. The second-order valence-corrected chi connectivity index (χ2v) is 4.39. The van der Waals surface area contributed by atoms with E-state index >= 15 is 0 Å². The lowest BCUT2D eigenvalue weighted by Gasteiger charge is -2.21. The highest BCUT2D eigenvalue weighted by Crippen LogP contribution is 2.21. The Kier molecular flexibility index (Phi) is 2.77. The topological polar surface area (TPSA) is 32.3 Å². The molecule has 3 heteroatoms. The van der Waals surface area contributed by atoms with Crippen LogP contribution in [0, 0.1) is 0 Å². The molecule has 0 spiro atoms. The fourth-order valence-corrected chi connectivity index (χ4v) is 2.12. The number of hydrogen-bond donors (Lipinski definition) is 2. The molecule has 1 aromatic rings. The van der Waals surface area contributed by atoms with Crippen LogP contribution in [-0.2, 0) is 6.42 Å². The Morgan fingerprint density at radius 3 is 3.00 bits per heavy atom. The van der Waals surface area contributed by atoms with E-state index in [0.717, 1.165) is 23.6 Å². The molecule has 1 atom stereocenters. The molecule has 2 nitrogen and oxygen atoms in total. The van der Waals surface area contributed by atoms with Gasteiger partial charge in [0.25, 0.3) is 0 Å². The molecular formula is C11H14ClNO. The first-order valence-corrected chi connectivity index (χ1v) is 5.23. The first-order valence-electron chi connectivity index (χ1n) is 4.86. The minimum absolute atomic E-state index is 0.579. The Bertz CT molecular complexity index is 321. The Labute approximate surface area is 88.9 Å². The summed E-state index contributed by atoms with van der Waals surface area (Å²) in [6.45, 7) is 1.58. The van der Waals surface area contributed by atoms with Crippen molar-refractivity contribution in [2.24, 2.45) is 0 Å². The van der Waals surface area contributed by atoms with Crippen molar-refractivity contribution in [3.63, 3.8) is 0 Å². The SMILES string of the molecule is O[C@]1(Cc2cccc(Cl)c2)CCNC1. The van der Waals surface area contributed by atoms with Gasteiger partial charge in [-0.1, -0.05) is 23.7 Å². The van der Waals surface area contributed by atoms with E-state index in [1.807, 2.05) is 24.3 Å². The minimum Gasteiger partial charge on any atom is -0.388 e. The predicted molar refractivity (Wildman–Crippen MR) is 57.6 cm³/mol. The van der Waals surface area contributed by atoms with Gasteiger partial charge >= 0.3 is 0 Å². The number of aliphatic hydroxyl groups is 1.